The van der Waals surface area contributed by atoms with Crippen molar-refractivity contribution in [2.75, 3.05) is 31.1 Å². The summed E-state index contributed by atoms with van der Waals surface area (Å²) in [5.74, 6) is 1.06. The summed E-state index contributed by atoms with van der Waals surface area (Å²) in [6.07, 6.45) is 1.38. The largest absolute Gasteiger partial charge is 0.357 e. The Bertz CT molecular complexity index is 652. The Morgan fingerprint density at radius 3 is 2.79 bits per heavy atom. The predicted molar refractivity (Wildman–Crippen MR) is 106 cm³/mol. The Hall–Kier alpha value is -0.900. The molecule has 2 rings (SSSR count). The Kier molecular flexibility index (Phi) is 8.96. The van der Waals surface area contributed by atoms with Crippen LogP contribution in [0.5, 0.6) is 0 Å². The van der Waals surface area contributed by atoms with Crippen LogP contribution >= 0.6 is 24.0 Å². The van der Waals surface area contributed by atoms with Crippen LogP contribution in [-0.2, 0) is 16.3 Å². The lowest BCUT2D eigenvalue weighted by atomic mass is 10.1. The number of nitrogens with zero attached hydrogens (tertiary/aromatic N) is 1. The molecule has 5 nitrogen and oxygen atoms in total. The number of guanidine groups is 1. The molecule has 1 aliphatic heterocycles. The van der Waals surface area contributed by atoms with Crippen LogP contribution in [0.4, 0.5) is 4.39 Å². The van der Waals surface area contributed by atoms with E-state index in [1.54, 1.807) is 6.07 Å². The first-order chi connectivity index (χ1) is 11.0. The van der Waals surface area contributed by atoms with Crippen molar-refractivity contribution in [3.63, 3.8) is 0 Å². The summed E-state index contributed by atoms with van der Waals surface area (Å²) in [5.41, 5.74) is 0.926. The fourth-order valence-corrected chi connectivity index (χ4v) is 4.45. The molecule has 1 unspecified atom stereocenters. The minimum atomic E-state index is -2.86. The molecule has 2 N–H and O–H groups in total. The highest BCUT2D eigenvalue weighted by atomic mass is 127. The van der Waals surface area contributed by atoms with E-state index in [1.165, 1.54) is 12.1 Å². The van der Waals surface area contributed by atoms with Gasteiger partial charge in [0.15, 0.2) is 15.8 Å². The Balaban J connectivity index is 0.00000288. The highest BCUT2D eigenvalue weighted by molar-refractivity contribution is 14.0. The molecule has 1 saturated heterocycles. The molecule has 1 aliphatic rings. The van der Waals surface area contributed by atoms with E-state index in [0.29, 0.717) is 31.9 Å². The van der Waals surface area contributed by atoms with Crippen molar-refractivity contribution >= 4 is 39.8 Å². The van der Waals surface area contributed by atoms with Crippen LogP contribution in [0.2, 0.25) is 0 Å². The maximum Gasteiger partial charge on any atom is 0.191 e. The molecule has 0 saturated carbocycles. The molecule has 0 spiro atoms. The summed E-state index contributed by atoms with van der Waals surface area (Å²) in [4.78, 5) is 4.47. The molecular weight excluding hydrogens is 444 g/mol. The quantitative estimate of drug-likeness (QED) is 0.380. The van der Waals surface area contributed by atoms with Gasteiger partial charge in [-0.15, -0.1) is 24.0 Å². The third-order valence-corrected chi connectivity index (χ3v) is 5.61. The van der Waals surface area contributed by atoms with Gasteiger partial charge >= 0.3 is 0 Å². The highest BCUT2D eigenvalue weighted by Gasteiger charge is 2.27. The van der Waals surface area contributed by atoms with Gasteiger partial charge in [-0.3, -0.25) is 4.99 Å². The van der Waals surface area contributed by atoms with E-state index in [2.05, 4.69) is 15.6 Å². The minimum Gasteiger partial charge on any atom is -0.357 e. The molecule has 1 aromatic rings. The van der Waals surface area contributed by atoms with Crippen LogP contribution < -0.4 is 10.6 Å². The second-order valence-corrected chi connectivity index (χ2v) is 8.02. The SMILES string of the molecule is CCNC(=NCC1CCS(=O)(=O)C1)NCCc1cccc(F)c1.I. The maximum atomic E-state index is 13.1. The van der Waals surface area contributed by atoms with Crippen molar-refractivity contribution in [3.8, 4) is 0 Å². The molecule has 0 amide bonds. The van der Waals surface area contributed by atoms with Gasteiger partial charge in [0.2, 0.25) is 0 Å². The third-order valence-electron chi connectivity index (χ3n) is 3.77. The van der Waals surface area contributed by atoms with Gasteiger partial charge in [0.25, 0.3) is 0 Å². The van der Waals surface area contributed by atoms with Crippen molar-refractivity contribution in [3.05, 3.63) is 35.6 Å². The normalized spacial score (nSPS) is 19.6. The van der Waals surface area contributed by atoms with Gasteiger partial charge in [0.05, 0.1) is 11.5 Å². The van der Waals surface area contributed by atoms with Crippen LogP contribution in [0.1, 0.15) is 18.9 Å². The standard InChI is InChI=1S/C16H24FN3O2S.HI/c1-2-18-16(20-11-14-7-9-23(21,22)12-14)19-8-6-13-4-3-5-15(17)10-13;/h3-5,10,14H,2,6-9,11-12H2,1H3,(H2,18,19,20);1H. The molecule has 1 aromatic carbocycles. The zero-order valence-electron chi connectivity index (χ0n) is 13.8. The molecule has 8 heteroatoms. The van der Waals surface area contributed by atoms with Gasteiger partial charge in [-0.05, 0) is 43.4 Å². The number of hydrogen-bond acceptors (Lipinski definition) is 3. The van der Waals surface area contributed by atoms with Gasteiger partial charge in [-0.1, -0.05) is 12.1 Å². The zero-order valence-corrected chi connectivity index (χ0v) is 16.9. The van der Waals surface area contributed by atoms with Gasteiger partial charge < -0.3 is 10.6 Å². The van der Waals surface area contributed by atoms with Crippen LogP contribution in [0.25, 0.3) is 0 Å². The lowest BCUT2D eigenvalue weighted by Crippen LogP contribution is -2.38. The number of hydrogen-bond donors (Lipinski definition) is 2. The number of halogens is 2. The second-order valence-electron chi connectivity index (χ2n) is 5.80. The van der Waals surface area contributed by atoms with Crippen molar-refractivity contribution in [1.82, 2.24) is 10.6 Å². The van der Waals surface area contributed by atoms with Crippen molar-refractivity contribution < 1.29 is 12.8 Å². The number of benzene rings is 1. The molecule has 0 radical (unpaired) electrons. The smallest absolute Gasteiger partial charge is 0.191 e. The summed E-state index contributed by atoms with van der Waals surface area (Å²) in [7, 11) is -2.86. The summed E-state index contributed by atoms with van der Waals surface area (Å²) in [5, 5.41) is 6.34. The van der Waals surface area contributed by atoms with Crippen LogP contribution in [0, 0.1) is 11.7 Å². The second kappa shape index (κ2) is 10.2. The fourth-order valence-electron chi connectivity index (χ4n) is 2.60. The zero-order chi connectivity index (χ0) is 16.7. The lowest BCUT2D eigenvalue weighted by molar-refractivity contribution is 0.589. The van der Waals surface area contributed by atoms with Crippen molar-refractivity contribution in [1.29, 1.82) is 0 Å². The Morgan fingerprint density at radius 1 is 1.38 bits per heavy atom. The van der Waals surface area contributed by atoms with Crippen LogP contribution in [0.15, 0.2) is 29.3 Å². The van der Waals surface area contributed by atoms with Crippen molar-refractivity contribution in [2.24, 2.45) is 10.9 Å². The van der Waals surface area contributed by atoms with E-state index in [9.17, 15) is 12.8 Å². The third kappa shape index (κ3) is 7.33. The predicted octanol–water partition coefficient (Wildman–Crippen LogP) is 1.98. The minimum absolute atomic E-state index is 0. The van der Waals surface area contributed by atoms with Gasteiger partial charge in [0, 0.05) is 19.6 Å². The maximum absolute atomic E-state index is 13.1. The van der Waals surface area contributed by atoms with E-state index in [1.807, 2.05) is 13.0 Å². The van der Waals surface area contributed by atoms with Crippen molar-refractivity contribution in [2.45, 2.75) is 19.8 Å². The summed E-state index contributed by atoms with van der Waals surface area (Å²) >= 11 is 0. The first-order valence-corrected chi connectivity index (χ1v) is 9.77. The molecular formula is C16H25FIN3O2S. The van der Waals surface area contributed by atoms with Gasteiger partial charge in [0.1, 0.15) is 5.82 Å². The fraction of sp³-hybridized carbons (Fsp3) is 0.562. The van der Waals surface area contributed by atoms with E-state index in [4.69, 9.17) is 0 Å². The monoisotopic (exact) mass is 469 g/mol. The molecule has 1 heterocycles. The Morgan fingerprint density at radius 2 is 2.17 bits per heavy atom. The van der Waals surface area contributed by atoms with E-state index < -0.39 is 9.84 Å². The molecule has 136 valence electrons. The first kappa shape index (κ1) is 21.1. The summed E-state index contributed by atoms with van der Waals surface area (Å²) in [6.45, 7) is 3.85. The molecule has 1 atom stereocenters. The number of rotatable bonds is 6. The Labute approximate surface area is 160 Å². The topological polar surface area (TPSA) is 70.6 Å². The van der Waals surface area contributed by atoms with Crippen LogP contribution in [-0.4, -0.2) is 45.5 Å². The molecule has 1 fully saturated rings. The van der Waals surface area contributed by atoms with E-state index in [0.717, 1.165) is 12.1 Å². The number of sulfone groups is 1. The highest BCUT2D eigenvalue weighted by Crippen LogP contribution is 2.18. The molecule has 0 aromatic heterocycles. The summed E-state index contributed by atoms with van der Waals surface area (Å²) in [6, 6.07) is 6.54. The number of nitrogens with one attached hydrogen (secondary N) is 2. The van der Waals surface area contributed by atoms with Gasteiger partial charge in [-0.2, -0.15) is 0 Å². The summed E-state index contributed by atoms with van der Waals surface area (Å²) < 4.78 is 36.0. The van der Waals surface area contributed by atoms with Gasteiger partial charge in [-0.25, -0.2) is 12.8 Å². The van der Waals surface area contributed by atoms with E-state index >= 15 is 0 Å². The average Bonchev–Trinajstić information content (AvgIpc) is 2.84. The molecule has 0 aliphatic carbocycles. The number of aliphatic imine (C=N–C) groups is 1. The van der Waals surface area contributed by atoms with E-state index in [-0.39, 0.29) is 47.2 Å². The molecule has 0 bridgehead atoms. The molecule has 24 heavy (non-hydrogen) atoms. The lowest BCUT2D eigenvalue weighted by Gasteiger charge is -2.12. The first-order valence-electron chi connectivity index (χ1n) is 7.95. The average molecular weight is 469 g/mol. The van der Waals surface area contributed by atoms with Crippen LogP contribution in [0.3, 0.4) is 0 Å².